The number of aldehydes is 1. The number of allylic oxidation sites excluding steroid dienone is 1. The minimum Gasteiger partial charge on any atom is -0.311 e. The highest BCUT2D eigenvalue weighted by Crippen LogP contribution is 2.34. The maximum Gasteiger partial charge on any atom is 0.168 e. The van der Waals surface area contributed by atoms with Crippen LogP contribution in [0.4, 0.5) is 0 Å². The molecule has 0 aliphatic carbocycles. The van der Waals surface area contributed by atoms with Crippen LogP contribution in [-0.2, 0) is 5.75 Å². The quantitative estimate of drug-likeness (QED) is 0.322. The molecule has 2 rings (SSSR count). The third-order valence-electron chi connectivity index (χ3n) is 3.71. The number of benzene rings is 1. The number of nitrogens with zero attached hydrogens (tertiary/aromatic N) is 2. The summed E-state index contributed by atoms with van der Waals surface area (Å²) in [5, 5.41) is 3.15. The van der Waals surface area contributed by atoms with Gasteiger partial charge < -0.3 is 5.32 Å². The van der Waals surface area contributed by atoms with Crippen molar-refractivity contribution in [3.63, 3.8) is 0 Å². The smallest absolute Gasteiger partial charge is 0.168 e. The van der Waals surface area contributed by atoms with E-state index in [1.54, 1.807) is 36.2 Å². The average molecular weight is 416 g/mol. The molecule has 0 unspecified atom stereocenters. The zero-order chi connectivity index (χ0) is 20.8. The lowest BCUT2D eigenvalue weighted by Gasteiger charge is -2.10. The van der Waals surface area contributed by atoms with E-state index in [9.17, 15) is 4.79 Å². The van der Waals surface area contributed by atoms with E-state index in [-0.39, 0.29) is 0 Å². The van der Waals surface area contributed by atoms with Crippen molar-refractivity contribution in [1.82, 2.24) is 10.3 Å². The van der Waals surface area contributed by atoms with Crippen LogP contribution < -0.4 is 5.32 Å². The monoisotopic (exact) mass is 415 g/mol. The molecule has 0 saturated heterocycles. The highest BCUT2D eigenvalue weighted by Gasteiger charge is 2.05. The Kier molecular flexibility index (Phi) is 12.2. The first-order chi connectivity index (χ1) is 13.5. The van der Waals surface area contributed by atoms with E-state index in [1.807, 2.05) is 25.7 Å². The molecule has 0 radical (unpaired) electrons. The largest absolute Gasteiger partial charge is 0.311 e. The maximum atomic E-state index is 9.94. The van der Waals surface area contributed by atoms with Crippen molar-refractivity contribution in [2.24, 2.45) is 4.99 Å². The molecule has 0 aliphatic rings. The van der Waals surface area contributed by atoms with Crippen molar-refractivity contribution >= 4 is 36.5 Å². The Hall–Kier alpha value is -1.89. The van der Waals surface area contributed by atoms with Gasteiger partial charge >= 0.3 is 0 Å². The van der Waals surface area contributed by atoms with E-state index < -0.39 is 0 Å². The van der Waals surface area contributed by atoms with Crippen LogP contribution >= 0.6 is 23.5 Å². The first-order valence-corrected chi connectivity index (χ1v) is 11.0. The minimum absolute atomic E-state index is 0.479. The summed E-state index contributed by atoms with van der Waals surface area (Å²) in [6.07, 6.45) is 2.31. The Bertz CT molecular complexity index is 744. The van der Waals surface area contributed by atoms with E-state index in [0.717, 1.165) is 23.6 Å². The van der Waals surface area contributed by atoms with Gasteiger partial charge in [0.15, 0.2) is 6.29 Å². The van der Waals surface area contributed by atoms with Crippen molar-refractivity contribution in [2.45, 2.75) is 32.4 Å². The summed E-state index contributed by atoms with van der Waals surface area (Å²) in [4.78, 5) is 17.7. The van der Waals surface area contributed by atoms with Gasteiger partial charge in [-0.1, -0.05) is 44.2 Å². The Morgan fingerprint density at radius 3 is 2.39 bits per heavy atom. The molecule has 1 aromatic heterocycles. The first kappa shape index (κ1) is 24.1. The molecule has 0 saturated carbocycles. The van der Waals surface area contributed by atoms with Crippen LogP contribution in [0.3, 0.4) is 0 Å². The van der Waals surface area contributed by atoms with Crippen LogP contribution in [-0.4, -0.2) is 30.9 Å². The second kappa shape index (κ2) is 14.2. The van der Waals surface area contributed by atoms with Gasteiger partial charge in [-0.15, -0.1) is 23.5 Å². The number of carbonyl (C=O) groups excluding carboxylic acids is 1. The second-order valence-corrected chi connectivity index (χ2v) is 8.46. The van der Waals surface area contributed by atoms with Crippen LogP contribution in [0.2, 0.25) is 0 Å². The summed E-state index contributed by atoms with van der Waals surface area (Å²) in [5.74, 6) is 2.45. The van der Waals surface area contributed by atoms with Crippen molar-refractivity contribution < 1.29 is 4.79 Å². The molecular weight excluding hydrogens is 386 g/mol. The molecule has 1 N–H and O–H groups in total. The van der Waals surface area contributed by atoms with Gasteiger partial charge in [-0.05, 0) is 49.9 Å². The molecular formula is C22H29N3OS2. The molecule has 1 aromatic carbocycles. The molecule has 0 bridgehead atoms. The van der Waals surface area contributed by atoms with Crippen LogP contribution in [0.15, 0.2) is 63.6 Å². The van der Waals surface area contributed by atoms with E-state index in [0.29, 0.717) is 11.6 Å². The van der Waals surface area contributed by atoms with E-state index in [4.69, 9.17) is 0 Å². The predicted octanol–water partition coefficient (Wildman–Crippen LogP) is 5.74. The van der Waals surface area contributed by atoms with Crippen LogP contribution in [0, 0.1) is 0 Å². The molecule has 0 spiro atoms. The van der Waals surface area contributed by atoms with Crippen LogP contribution in [0.5, 0.6) is 0 Å². The Morgan fingerprint density at radius 2 is 1.93 bits per heavy atom. The lowest BCUT2D eigenvalue weighted by Crippen LogP contribution is -2.03. The first-order valence-electron chi connectivity index (χ1n) is 9.04. The Morgan fingerprint density at radius 1 is 1.21 bits per heavy atom. The molecule has 150 valence electrons. The molecule has 1 heterocycles. The van der Waals surface area contributed by atoms with Gasteiger partial charge in [0.05, 0.1) is 9.93 Å². The number of hydrogen-bond donors (Lipinski definition) is 1. The van der Waals surface area contributed by atoms with Crippen molar-refractivity contribution in [3.05, 3.63) is 75.4 Å². The van der Waals surface area contributed by atoms with Gasteiger partial charge in [-0.2, -0.15) is 0 Å². The summed E-state index contributed by atoms with van der Waals surface area (Å²) in [6, 6.07) is 14.1. The lowest BCUT2D eigenvalue weighted by molar-refractivity contribution is 0.111. The van der Waals surface area contributed by atoms with Crippen molar-refractivity contribution in [2.75, 3.05) is 12.9 Å². The molecule has 0 aliphatic heterocycles. The van der Waals surface area contributed by atoms with Crippen molar-refractivity contribution in [1.29, 1.82) is 0 Å². The number of thioether (sulfide) groups is 2. The number of pyridine rings is 1. The zero-order valence-corrected chi connectivity index (χ0v) is 18.6. The SMILES string of the molecule is C=N/C(C)=C(\SCNC)SCc1ccc(C(C)C)cc1.O=Cc1ccccn1. The van der Waals surface area contributed by atoms with Gasteiger partial charge in [0.25, 0.3) is 0 Å². The van der Waals surface area contributed by atoms with Crippen LogP contribution in [0.1, 0.15) is 48.3 Å². The number of aliphatic imine (C=N–C) groups is 1. The van der Waals surface area contributed by atoms with Gasteiger partial charge in [-0.25, -0.2) is 0 Å². The summed E-state index contributed by atoms with van der Waals surface area (Å²) in [5.41, 5.74) is 4.23. The zero-order valence-electron chi connectivity index (χ0n) is 17.0. The molecule has 0 amide bonds. The lowest BCUT2D eigenvalue weighted by atomic mass is 10.0. The number of hydrogen-bond acceptors (Lipinski definition) is 6. The van der Waals surface area contributed by atoms with Gasteiger partial charge in [-0.3, -0.25) is 14.8 Å². The van der Waals surface area contributed by atoms with Gasteiger partial charge in [0.1, 0.15) is 5.69 Å². The molecule has 4 nitrogen and oxygen atoms in total. The van der Waals surface area contributed by atoms with E-state index >= 15 is 0 Å². The van der Waals surface area contributed by atoms with Crippen molar-refractivity contribution in [3.8, 4) is 0 Å². The maximum absolute atomic E-state index is 9.94. The Labute approximate surface area is 177 Å². The molecule has 28 heavy (non-hydrogen) atoms. The minimum atomic E-state index is 0.479. The fourth-order valence-corrected chi connectivity index (χ4v) is 4.05. The summed E-state index contributed by atoms with van der Waals surface area (Å²) >= 11 is 3.61. The van der Waals surface area contributed by atoms with Gasteiger partial charge in [0, 0.05) is 17.8 Å². The fourth-order valence-electron chi connectivity index (χ4n) is 2.05. The average Bonchev–Trinajstić information content (AvgIpc) is 2.74. The third-order valence-corrected chi connectivity index (χ3v) is 6.44. The molecule has 6 heteroatoms. The Balaban J connectivity index is 0.000000406. The number of carbonyl (C=O) groups is 1. The molecule has 0 atom stereocenters. The normalized spacial score (nSPS) is 11.3. The number of rotatable bonds is 9. The summed E-state index contributed by atoms with van der Waals surface area (Å²) < 4.78 is 1.24. The molecule has 0 fully saturated rings. The molecule has 2 aromatic rings. The number of aromatic nitrogens is 1. The highest BCUT2D eigenvalue weighted by molar-refractivity contribution is 8.21. The second-order valence-electron chi connectivity index (χ2n) is 6.23. The third kappa shape index (κ3) is 9.35. The summed E-state index contributed by atoms with van der Waals surface area (Å²) in [7, 11) is 1.95. The summed E-state index contributed by atoms with van der Waals surface area (Å²) in [6.45, 7) is 10.1. The topological polar surface area (TPSA) is 54.4 Å². The highest BCUT2D eigenvalue weighted by atomic mass is 32.2. The van der Waals surface area contributed by atoms with E-state index in [1.165, 1.54) is 15.4 Å². The van der Waals surface area contributed by atoms with Crippen LogP contribution in [0.25, 0.3) is 0 Å². The number of nitrogens with one attached hydrogen (secondary N) is 1. The van der Waals surface area contributed by atoms with Gasteiger partial charge in [0.2, 0.25) is 0 Å². The van der Waals surface area contributed by atoms with E-state index in [2.05, 4.69) is 60.1 Å². The predicted molar refractivity (Wildman–Crippen MR) is 125 cm³/mol. The standard InChI is InChI=1S/C16H24N2S2.C6H5NO/c1-12(2)15-8-6-14(7-9-15)10-19-16(13(3)18-5)20-11-17-4;8-5-6-3-1-2-4-7-6/h6-9,12,17H,5,10-11H2,1-4H3;1-5H/b16-13-;. The fraction of sp³-hybridized carbons (Fsp3) is 0.318.